The topological polar surface area (TPSA) is 83.2 Å². The average Bonchev–Trinajstić information content (AvgIpc) is 4.04. The molecule has 2 atom stereocenters. The SMILES string of the molecule is COc1cc(C)c2[nH]ccc2c1CN1CCC2(C[C@@H]1c1cn(C(F)F)[n+](Cc3cc(OC)c(CN4CCC5(C[C@@H]4c4cnn(C)c4)CC(F)(F)C5)c4cc[nH]c34)c1)CC(F)(F)C2. The Morgan fingerprint density at radius 2 is 1.34 bits per heavy atom. The van der Waals surface area contributed by atoms with Crippen molar-refractivity contribution in [3.63, 3.8) is 0 Å². The molecule has 2 aromatic carbocycles. The van der Waals surface area contributed by atoms with Gasteiger partial charge < -0.3 is 19.4 Å². The minimum absolute atomic E-state index is 0.0719. The van der Waals surface area contributed by atoms with Crippen molar-refractivity contribution in [2.45, 2.75) is 108 Å². The van der Waals surface area contributed by atoms with E-state index in [2.05, 4.69) is 24.9 Å². The second-order valence-corrected chi connectivity index (χ2v) is 18.9. The second kappa shape index (κ2) is 14.8. The van der Waals surface area contributed by atoms with Gasteiger partial charge >= 0.3 is 6.55 Å². The third-order valence-electron chi connectivity index (χ3n) is 14.7. The minimum Gasteiger partial charge on any atom is -0.496 e. The van der Waals surface area contributed by atoms with E-state index in [-0.39, 0.29) is 38.3 Å². The zero-order chi connectivity index (χ0) is 43.3. The van der Waals surface area contributed by atoms with Gasteiger partial charge in [0.25, 0.3) is 0 Å². The molecule has 2 N–H and O–H groups in total. The van der Waals surface area contributed by atoms with Gasteiger partial charge in [-0.05, 0) is 86.4 Å². The van der Waals surface area contributed by atoms with Gasteiger partial charge in [0.15, 0.2) is 6.54 Å². The number of ether oxygens (including phenoxy) is 2. The summed E-state index contributed by atoms with van der Waals surface area (Å²) in [5.74, 6) is -4.04. The highest BCUT2D eigenvalue weighted by atomic mass is 19.3. The molecule has 4 aliphatic rings. The molecule has 2 aliphatic carbocycles. The Bertz CT molecular complexity index is 2630. The summed E-state index contributed by atoms with van der Waals surface area (Å²) in [6.45, 7) is 1.28. The molecule has 16 heteroatoms. The number of hydrogen-bond donors (Lipinski definition) is 2. The number of halogens is 6. The van der Waals surface area contributed by atoms with Gasteiger partial charge in [-0.3, -0.25) is 14.5 Å². The Kier molecular flexibility index (Phi) is 9.82. The Morgan fingerprint density at radius 3 is 1.87 bits per heavy atom. The third kappa shape index (κ3) is 7.14. The molecule has 10 rings (SSSR count). The summed E-state index contributed by atoms with van der Waals surface area (Å²) in [6, 6.07) is 7.32. The lowest BCUT2D eigenvalue weighted by atomic mass is 9.59. The number of methoxy groups -OCH3 is 2. The number of nitrogens with one attached hydrogen (secondary N) is 2. The predicted molar refractivity (Wildman–Crippen MR) is 221 cm³/mol. The standard InChI is InChI=1S/C46H53F6N8O2/c1-28-13-38(61-3)34(32-5-9-53-40(28)32)22-58-12-8-44(26-46(51,52)27-44)16-37(58)31-20-59(60(21-31)42(47)48)19-29-14-39(62-4)35(33-6-10-54-41(29)33)23-57-11-7-43(24-45(49,50)25-43)15-36(57)30-17-55-56(2)18-30/h5-6,9-10,13-14,17-18,20-21,36-37,42,53-54H,7-8,11-12,15-16,19,22-27H2,1-4H3/q+1/t36-,37-/m1/s1. The zero-order valence-corrected chi connectivity index (χ0v) is 35.5. The number of aromatic amines is 2. The molecule has 2 aliphatic heterocycles. The number of nitrogens with zero attached hydrogens (tertiary/aromatic N) is 6. The van der Waals surface area contributed by atoms with Crippen molar-refractivity contribution in [2.24, 2.45) is 17.9 Å². The zero-order valence-electron chi connectivity index (χ0n) is 35.5. The van der Waals surface area contributed by atoms with Crippen LogP contribution in [0.15, 0.2) is 61.4 Å². The summed E-state index contributed by atoms with van der Waals surface area (Å²) < 4.78 is 104. The molecule has 0 unspecified atom stereocenters. The number of hydrogen-bond acceptors (Lipinski definition) is 5. The Labute approximate surface area is 355 Å². The molecule has 2 spiro atoms. The Balaban J connectivity index is 0.976. The van der Waals surface area contributed by atoms with Crippen LogP contribution in [0.2, 0.25) is 0 Å². The van der Waals surface area contributed by atoms with Crippen molar-refractivity contribution in [1.29, 1.82) is 0 Å². The molecular weight excluding hydrogens is 811 g/mol. The van der Waals surface area contributed by atoms with Crippen LogP contribution in [0, 0.1) is 17.8 Å². The van der Waals surface area contributed by atoms with Crippen LogP contribution in [-0.4, -0.2) is 73.4 Å². The third-order valence-corrected chi connectivity index (χ3v) is 14.7. The minimum atomic E-state index is -2.87. The summed E-state index contributed by atoms with van der Waals surface area (Å²) in [7, 11) is 5.07. The van der Waals surface area contributed by atoms with Crippen LogP contribution in [0.5, 0.6) is 11.5 Å². The van der Waals surface area contributed by atoms with Crippen molar-refractivity contribution >= 4 is 21.8 Å². The van der Waals surface area contributed by atoms with E-state index in [0.29, 0.717) is 63.2 Å². The van der Waals surface area contributed by atoms with Gasteiger partial charge in [0.2, 0.25) is 18.0 Å². The van der Waals surface area contributed by atoms with E-state index in [1.165, 1.54) is 10.9 Å². The lowest BCUT2D eigenvalue weighted by molar-refractivity contribution is -0.776. The molecule has 2 saturated heterocycles. The van der Waals surface area contributed by atoms with Crippen molar-refractivity contribution in [3.8, 4) is 11.5 Å². The molecule has 330 valence electrons. The number of piperidine rings is 2. The summed E-state index contributed by atoms with van der Waals surface area (Å²) in [5.41, 5.74) is 6.03. The normalized spacial score (nSPS) is 23.1. The van der Waals surface area contributed by atoms with Crippen molar-refractivity contribution in [1.82, 2.24) is 34.2 Å². The summed E-state index contributed by atoms with van der Waals surface area (Å²) in [6.07, 6.45) is 12.4. The fraction of sp³-hybridized carbons (Fsp3) is 0.522. The van der Waals surface area contributed by atoms with Gasteiger partial charge in [-0.2, -0.15) is 13.9 Å². The van der Waals surface area contributed by atoms with E-state index in [1.807, 2.05) is 63.0 Å². The molecular formula is C46H53F6N8O2+. The van der Waals surface area contributed by atoms with Crippen LogP contribution < -0.4 is 14.2 Å². The maximum Gasteiger partial charge on any atom is 0.363 e. The molecule has 10 nitrogen and oxygen atoms in total. The fourth-order valence-electron chi connectivity index (χ4n) is 11.9. The van der Waals surface area contributed by atoms with Crippen LogP contribution in [0.25, 0.3) is 21.8 Å². The average molecular weight is 864 g/mol. The van der Waals surface area contributed by atoms with E-state index < -0.39 is 35.3 Å². The van der Waals surface area contributed by atoms with Gasteiger partial charge in [0.05, 0.1) is 37.7 Å². The van der Waals surface area contributed by atoms with E-state index in [0.717, 1.165) is 60.1 Å². The lowest BCUT2D eigenvalue weighted by Gasteiger charge is -2.54. The number of H-pyrrole nitrogens is 2. The van der Waals surface area contributed by atoms with E-state index in [4.69, 9.17) is 9.47 Å². The van der Waals surface area contributed by atoms with E-state index in [1.54, 1.807) is 25.1 Å². The van der Waals surface area contributed by atoms with Gasteiger partial charge in [-0.15, -0.1) is 4.68 Å². The van der Waals surface area contributed by atoms with Crippen LogP contribution in [0.1, 0.15) is 103 Å². The molecule has 62 heavy (non-hydrogen) atoms. The maximum atomic E-state index is 15.1. The first kappa shape index (κ1) is 41.1. The smallest absolute Gasteiger partial charge is 0.363 e. The Hall–Kier alpha value is -4.96. The quantitative estimate of drug-likeness (QED) is 0.100. The van der Waals surface area contributed by atoms with Gasteiger partial charge in [0, 0.05) is 115 Å². The maximum absolute atomic E-state index is 15.1. The molecule has 0 bridgehead atoms. The first-order valence-corrected chi connectivity index (χ1v) is 21.5. The number of rotatable bonds is 11. The predicted octanol–water partition coefficient (Wildman–Crippen LogP) is 9.75. The van der Waals surface area contributed by atoms with Gasteiger partial charge in [-0.25, -0.2) is 17.6 Å². The van der Waals surface area contributed by atoms with Gasteiger partial charge in [-0.1, -0.05) is 4.68 Å². The summed E-state index contributed by atoms with van der Waals surface area (Å²) in [4.78, 5) is 11.2. The molecule has 4 aromatic heterocycles. The first-order chi connectivity index (χ1) is 29.6. The van der Waals surface area contributed by atoms with Crippen molar-refractivity contribution in [2.75, 3.05) is 27.3 Å². The van der Waals surface area contributed by atoms with Gasteiger partial charge in [0.1, 0.15) is 11.5 Å². The molecule has 6 aromatic rings. The van der Waals surface area contributed by atoms with Crippen molar-refractivity contribution < 1.29 is 40.5 Å². The number of likely N-dealkylation sites (tertiary alicyclic amines) is 2. The highest BCUT2D eigenvalue weighted by molar-refractivity contribution is 5.89. The second-order valence-electron chi connectivity index (χ2n) is 18.9. The highest BCUT2D eigenvalue weighted by Gasteiger charge is 2.60. The summed E-state index contributed by atoms with van der Waals surface area (Å²) in [5, 5.41) is 6.29. The summed E-state index contributed by atoms with van der Waals surface area (Å²) >= 11 is 0. The molecule has 6 heterocycles. The van der Waals surface area contributed by atoms with E-state index >= 15 is 8.78 Å². The molecule has 0 radical (unpaired) electrons. The molecule has 2 saturated carbocycles. The monoisotopic (exact) mass is 863 g/mol. The van der Waals surface area contributed by atoms with Crippen molar-refractivity contribution in [3.05, 3.63) is 94.8 Å². The number of aryl methyl sites for hydroxylation is 2. The van der Waals surface area contributed by atoms with Crippen LogP contribution in [-0.2, 0) is 26.7 Å². The molecule has 4 fully saturated rings. The van der Waals surface area contributed by atoms with Crippen LogP contribution in [0.3, 0.4) is 0 Å². The number of fused-ring (bicyclic) bond motifs is 2. The first-order valence-electron chi connectivity index (χ1n) is 21.5. The highest BCUT2D eigenvalue weighted by Crippen LogP contribution is 2.62. The molecule has 0 amide bonds. The number of benzene rings is 2. The number of alkyl halides is 6. The fourth-order valence-corrected chi connectivity index (χ4v) is 11.9. The van der Waals surface area contributed by atoms with E-state index in [9.17, 15) is 17.6 Å². The number of aromatic nitrogens is 6. The lowest BCUT2D eigenvalue weighted by Crippen LogP contribution is -2.53. The Morgan fingerprint density at radius 1 is 0.790 bits per heavy atom. The van der Waals surface area contributed by atoms with Crippen LogP contribution >= 0.6 is 0 Å². The largest absolute Gasteiger partial charge is 0.496 e. The van der Waals surface area contributed by atoms with Crippen LogP contribution in [0.4, 0.5) is 26.3 Å².